The lowest BCUT2D eigenvalue weighted by atomic mass is 10.00. The fourth-order valence-electron chi connectivity index (χ4n) is 3.29. The molecule has 0 radical (unpaired) electrons. The first-order valence-corrected chi connectivity index (χ1v) is 8.17. The van der Waals surface area contributed by atoms with Crippen molar-refractivity contribution in [1.29, 1.82) is 0 Å². The highest BCUT2D eigenvalue weighted by Gasteiger charge is 2.21. The summed E-state index contributed by atoms with van der Waals surface area (Å²) in [4.78, 5) is 7.07. The third-order valence-electron chi connectivity index (χ3n) is 4.50. The third kappa shape index (κ3) is 3.79. The maximum atomic E-state index is 5.48. The molecule has 1 N–H and O–H groups in total. The fraction of sp³-hybridized carbons (Fsp3) is 0.867. The Morgan fingerprint density at radius 1 is 1.05 bits per heavy atom. The Morgan fingerprint density at radius 2 is 1.90 bits per heavy atom. The van der Waals surface area contributed by atoms with Crippen molar-refractivity contribution in [1.82, 2.24) is 20.4 Å². The van der Waals surface area contributed by atoms with Crippen molar-refractivity contribution >= 4 is 0 Å². The molecule has 1 saturated carbocycles. The zero-order chi connectivity index (χ0) is 13.6. The van der Waals surface area contributed by atoms with Crippen LogP contribution >= 0.6 is 0 Å². The monoisotopic (exact) mass is 278 g/mol. The average Bonchev–Trinajstić information content (AvgIpc) is 2.70. The molecule has 5 heteroatoms. The maximum absolute atomic E-state index is 5.48. The number of rotatable bonds is 3. The van der Waals surface area contributed by atoms with Gasteiger partial charge in [-0.2, -0.15) is 4.98 Å². The third-order valence-corrected chi connectivity index (χ3v) is 4.50. The van der Waals surface area contributed by atoms with Gasteiger partial charge in [-0.25, -0.2) is 0 Å². The molecule has 2 aliphatic rings. The highest BCUT2D eigenvalue weighted by molar-refractivity contribution is 4.96. The average molecular weight is 278 g/mol. The van der Waals surface area contributed by atoms with Crippen molar-refractivity contribution in [2.75, 3.05) is 26.2 Å². The summed E-state index contributed by atoms with van der Waals surface area (Å²) in [5.74, 6) is 2.28. The first kappa shape index (κ1) is 14.0. The van der Waals surface area contributed by atoms with Gasteiger partial charge in [0.1, 0.15) is 0 Å². The van der Waals surface area contributed by atoms with Crippen molar-refractivity contribution in [3.8, 4) is 0 Å². The molecule has 1 aromatic rings. The van der Waals surface area contributed by atoms with Gasteiger partial charge in [-0.1, -0.05) is 30.8 Å². The molecule has 2 fully saturated rings. The Bertz CT molecular complexity index is 390. The van der Waals surface area contributed by atoms with Gasteiger partial charge in [0.05, 0.1) is 6.54 Å². The smallest absolute Gasteiger partial charge is 0.240 e. The van der Waals surface area contributed by atoms with Gasteiger partial charge in [0, 0.05) is 19.0 Å². The standard InChI is InChI=1S/C15H26N4O/c1-2-4-7-13(6-3-1)15-17-14(20-18-15)12-19-10-5-8-16-9-11-19/h13,16H,1-12H2. The second kappa shape index (κ2) is 7.18. The summed E-state index contributed by atoms with van der Waals surface area (Å²) in [6.07, 6.45) is 9.01. The van der Waals surface area contributed by atoms with E-state index < -0.39 is 0 Å². The van der Waals surface area contributed by atoms with Crippen LogP contribution < -0.4 is 5.32 Å². The minimum atomic E-state index is 0.529. The summed E-state index contributed by atoms with van der Waals surface area (Å²) in [6, 6.07) is 0. The lowest BCUT2D eigenvalue weighted by Gasteiger charge is -2.16. The SMILES string of the molecule is C1CCCC(c2noc(CN3CCCNCC3)n2)CC1. The van der Waals surface area contributed by atoms with Crippen LogP contribution in [0.5, 0.6) is 0 Å². The second-order valence-corrected chi connectivity index (χ2v) is 6.11. The first-order valence-electron chi connectivity index (χ1n) is 8.17. The zero-order valence-corrected chi connectivity index (χ0v) is 12.3. The zero-order valence-electron chi connectivity index (χ0n) is 12.3. The molecule has 112 valence electrons. The largest absolute Gasteiger partial charge is 0.338 e. The maximum Gasteiger partial charge on any atom is 0.240 e. The van der Waals surface area contributed by atoms with E-state index in [4.69, 9.17) is 4.52 Å². The van der Waals surface area contributed by atoms with Gasteiger partial charge in [-0.15, -0.1) is 0 Å². The van der Waals surface area contributed by atoms with Gasteiger partial charge in [0.2, 0.25) is 5.89 Å². The fourth-order valence-corrected chi connectivity index (χ4v) is 3.29. The lowest BCUT2D eigenvalue weighted by Crippen LogP contribution is -2.27. The Balaban J connectivity index is 1.57. The highest BCUT2D eigenvalue weighted by atomic mass is 16.5. The van der Waals surface area contributed by atoms with Gasteiger partial charge in [-0.3, -0.25) is 4.90 Å². The predicted octanol–water partition coefficient (Wildman–Crippen LogP) is 2.30. The van der Waals surface area contributed by atoms with Gasteiger partial charge < -0.3 is 9.84 Å². The van der Waals surface area contributed by atoms with Gasteiger partial charge in [0.15, 0.2) is 5.82 Å². The Morgan fingerprint density at radius 3 is 2.75 bits per heavy atom. The van der Waals surface area contributed by atoms with Crippen molar-refractivity contribution in [2.24, 2.45) is 0 Å². The van der Waals surface area contributed by atoms with Crippen LogP contribution in [0, 0.1) is 0 Å². The number of nitrogens with one attached hydrogen (secondary N) is 1. The van der Waals surface area contributed by atoms with E-state index in [0.29, 0.717) is 5.92 Å². The minimum Gasteiger partial charge on any atom is -0.338 e. The number of hydrogen-bond donors (Lipinski definition) is 1. The van der Waals surface area contributed by atoms with E-state index in [1.54, 1.807) is 0 Å². The molecule has 1 aromatic heterocycles. The quantitative estimate of drug-likeness (QED) is 0.860. The predicted molar refractivity (Wildman–Crippen MR) is 77.5 cm³/mol. The highest BCUT2D eigenvalue weighted by Crippen LogP contribution is 2.29. The first-order chi connectivity index (χ1) is 9.92. The summed E-state index contributed by atoms with van der Waals surface area (Å²) in [5, 5.41) is 7.66. The molecular weight excluding hydrogens is 252 g/mol. The van der Waals surface area contributed by atoms with Crippen molar-refractivity contribution in [2.45, 2.75) is 57.4 Å². The van der Waals surface area contributed by atoms with Crippen LogP contribution in [0.3, 0.4) is 0 Å². The van der Waals surface area contributed by atoms with Gasteiger partial charge in [-0.05, 0) is 32.4 Å². The summed E-state index contributed by atoms with van der Waals surface area (Å²) in [6.45, 7) is 5.17. The van der Waals surface area contributed by atoms with Crippen LogP contribution in [-0.2, 0) is 6.54 Å². The van der Waals surface area contributed by atoms with E-state index in [9.17, 15) is 0 Å². The second-order valence-electron chi connectivity index (χ2n) is 6.11. The summed E-state index contributed by atoms with van der Waals surface area (Å²) >= 11 is 0. The van der Waals surface area contributed by atoms with Crippen molar-refractivity contribution in [3.05, 3.63) is 11.7 Å². The lowest BCUT2D eigenvalue weighted by molar-refractivity contribution is 0.238. The summed E-state index contributed by atoms with van der Waals surface area (Å²) in [7, 11) is 0. The Labute approximate surface area is 121 Å². The van der Waals surface area contributed by atoms with Crippen molar-refractivity contribution in [3.63, 3.8) is 0 Å². The van der Waals surface area contributed by atoms with Crippen LogP contribution in [-0.4, -0.2) is 41.2 Å². The van der Waals surface area contributed by atoms with E-state index in [2.05, 4.69) is 20.4 Å². The summed E-state index contributed by atoms with van der Waals surface area (Å²) in [5.41, 5.74) is 0. The molecule has 3 rings (SSSR count). The van der Waals surface area contributed by atoms with E-state index in [1.807, 2.05) is 0 Å². The van der Waals surface area contributed by atoms with Crippen LogP contribution in [0.4, 0.5) is 0 Å². The van der Waals surface area contributed by atoms with Crippen LogP contribution in [0.25, 0.3) is 0 Å². The normalized spacial score (nSPS) is 23.4. The molecular formula is C15H26N4O. The molecule has 2 heterocycles. The van der Waals surface area contributed by atoms with Crippen LogP contribution in [0.1, 0.15) is 62.6 Å². The van der Waals surface area contributed by atoms with E-state index >= 15 is 0 Å². The molecule has 5 nitrogen and oxygen atoms in total. The number of nitrogens with zero attached hydrogens (tertiary/aromatic N) is 3. The molecule has 0 bridgehead atoms. The van der Waals surface area contributed by atoms with Crippen LogP contribution in [0.2, 0.25) is 0 Å². The van der Waals surface area contributed by atoms with E-state index in [1.165, 1.54) is 44.9 Å². The molecule has 0 unspecified atom stereocenters. The molecule has 1 aliphatic heterocycles. The van der Waals surface area contributed by atoms with E-state index in [-0.39, 0.29) is 0 Å². The number of hydrogen-bond acceptors (Lipinski definition) is 5. The Kier molecular flexibility index (Phi) is 5.03. The van der Waals surface area contributed by atoms with Gasteiger partial charge in [0.25, 0.3) is 0 Å². The van der Waals surface area contributed by atoms with Gasteiger partial charge >= 0.3 is 0 Å². The number of aromatic nitrogens is 2. The molecule has 0 atom stereocenters. The molecule has 20 heavy (non-hydrogen) atoms. The molecule has 0 aromatic carbocycles. The van der Waals surface area contributed by atoms with Crippen LogP contribution in [0.15, 0.2) is 4.52 Å². The molecule has 1 saturated heterocycles. The minimum absolute atomic E-state index is 0.529. The molecule has 1 aliphatic carbocycles. The molecule has 0 amide bonds. The Hall–Kier alpha value is -0.940. The molecule has 0 spiro atoms. The topological polar surface area (TPSA) is 54.2 Å². The van der Waals surface area contributed by atoms with Crippen molar-refractivity contribution < 1.29 is 4.52 Å². The summed E-state index contributed by atoms with van der Waals surface area (Å²) < 4.78 is 5.48. The van der Waals surface area contributed by atoms with E-state index in [0.717, 1.165) is 44.4 Å².